The predicted molar refractivity (Wildman–Crippen MR) is 112 cm³/mol. The summed E-state index contributed by atoms with van der Waals surface area (Å²) >= 11 is 0. The minimum Gasteiger partial charge on any atom is -0.493 e. The maximum Gasteiger partial charge on any atom is 0.161 e. The molecule has 0 amide bonds. The van der Waals surface area contributed by atoms with E-state index in [9.17, 15) is 0 Å². The van der Waals surface area contributed by atoms with Crippen molar-refractivity contribution in [1.29, 1.82) is 0 Å². The lowest BCUT2D eigenvalue weighted by atomic mass is 10.0. The number of aryl methyl sites for hydroxylation is 1. The van der Waals surface area contributed by atoms with E-state index in [4.69, 9.17) is 9.47 Å². The second kappa shape index (κ2) is 8.65. The molecule has 148 valence electrons. The van der Waals surface area contributed by atoms with E-state index in [-0.39, 0.29) is 0 Å². The normalized spacial score (nSPS) is 14.6. The third kappa shape index (κ3) is 4.30. The van der Waals surface area contributed by atoms with Crippen LogP contribution in [0.15, 0.2) is 42.7 Å². The Hall–Kier alpha value is -2.53. The first kappa shape index (κ1) is 18.8. The van der Waals surface area contributed by atoms with Crippen molar-refractivity contribution in [2.75, 3.05) is 33.4 Å². The van der Waals surface area contributed by atoms with Crippen molar-refractivity contribution >= 4 is 11.0 Å². The zero-order valence-electron chi connectivity index (χ0n) is 16.9. The maximum atomic E-state index is 6.08. The Morgan fingerprint density at radius 1 is 1.00 bits per heavy atom. The molecule has 0 N–H and O–H groups in total. The highest BCUT2D eigenvalue weighted by molar-refractivity contribution is 5.76. The number of likely N-dealkylation sites (tertiary alicyclic amines) is 1. The summed E-state index contributed by atoms with van der Waals surface area (Å²) < 4.78 is 13.6. The van der Waals surface area contributed by atoms with E-state index in [1.165, 1.54) is 37.1 Å². The number of nitrogens with zero attached hydrogens (tertiary/aromatic N) is 3. The second-order valence-corrected chi connectivity index (χ2v) is 7.59. The lowest BCUT2D eigenvalue weighted by Crippen LogP contribution is -2.21. The molecule has 0 aliphatic carbocycles. The van der Waals surface area contributed by atoms with E-state index in [1.807, 2.05) is 19.4 Å². The topological polar surface area (TPSA) is 39.5 Å². The van der Waals surface area contributed by atoms with Gasteiger partial charge in [0.1, 0.15) is 0 Å². The zero-order chi connectivity index (χ0) is 19.3. The van der Waals surface area contributed by atoms with Crippen LogP contribution in [0, 0.1) is 0 Å². The highest BCUT2D eigenvalue weighted by atomic mass is 16.5. The summed E-state index contributed by atoms with van der Waals surface area (Å²) in [4.78, 5) is 6.92. The largest absolute Gasteiger partial charge is 0.493 e. The van der Waals surface area contributed by atoms with Gasteiger partial charge in [0.05, 0.1) is 31.1 Å². The summed E-state index contributed by atoms with van der Waals surface area (Å²) in [5.74, 6) is 1.63. The van der Waals surface area contributed by atoms with E-state index >= 15 is 0 Å². The molecule has 5 heteroatoms. The highest BCUT2D eigenvalue weighted by Crippen LogP contribution is 2.29. The van der Waals surface area contributed by atoms with Crippen LogP contribution in [0.25, 0.3) is 11.0 Å². The molecule has 0 atom stereocenters. The van der Waals surface area contributed by atoms with Gasteiger partial charge in [-0.05, 0) is 74.2 Å². The molecule has 3 aromatic rings. The Kier molecular flexibility index (Phi) is 5.81. The van der Waals surface area contributed by atoms with Gasteiger partial charge in [-0.1, -0.05) is 12.1 Å². The number of hydrogen-bond donors (Lipinski definition) is 0. The van der Waals surface area contributed by atoms with Gasteiger partial charge in [0, 0.05) is 13.6 Å². The molecule has 1 fully saturated rings. The van der Waals surface area contributed by atoms with E-state index in [0.717, 1.165) is 48.5 Å². The van der Waals surface area contributed by atoms with Crippen LogP contribution >= 0.6 is 0 Å². The van der Waals surface area contributed by atoms with E-state index < -0.39 is 0 Å². The summed E-state index contributed by atoms with van der Waals surface area (Å²) in [6.45, 7) is 4.31. The molecule has 2 heterocycles. The molecule has 0 bridgehead atoms. The molecule has 2 aromatic carbocycles. The van der Waals surface area contributed by atoms with Crippen molar-refractivity contribution in [3.8, 4) is 11.5 Å². The molecular weight excluding hydrogens is 350 g/mol. The maximum absolute atomic E-state index is 6.08. The third-order valence-corrected chi connectivity index (χ3v) is 5.50. The van der Waals surface area contributed by atoms with Gasteiger partial charge in [0.2, 0.25) is 0 Å². The van der Waals surface area contributed by atoms with Crippen molar-refractivity contribution in [2.45, 2.75) is 25.7 Å². The van der Waals surface area contributed by atoms with Crippen LogP contribution in [0.1, 0.15) is 30.4 Å². The third-order valence-electron chi connectivity index (χ3n) is 5.50. The molecule has 1 saturated heterocycles. The highest BCUT2D eigenvalue weighted by Gasteiger charge is 2.11. The van der Waals surface area contributed by atoms with Gasteiger partial charge >= 0.3 is 0 Å². The van der Waals surface area contributed by atoms with E-state index in [0.29, 0.717) is 0 Å². The van der Waals surface area contributed by atoms with Crippen molar-refractivity contribution in [3.05, 3.63) is 53.9 Å². The number of benzene rings is 2. The van der Waals surface area contributed by atoms with Gasteiger partial charge in [-0.25, -0.2) is 4.98 Å². The minimum absolute atomic E-state index is 0.720. The molecule has 0 saturated carbocycles. The molecule has 0 radical (unpaired) electrons. The molecule has 28 heavy (non-hydrogen) atoms. The van der Waals surface area contributed by atoms with Gasteiger partial charge in [-0.3, -0.25) is 0 Å². The fourth-order valence-corrected chi connectivity index (χ4v) is 3.94. The van der Waals surface area contributed by atoms with Crippen molar-refractivity contribution in [2.24, 2.45) is 7.05 Å². The Bertz CT molecular complexity index is 929. The summed E-state index contributed by atoms with van der Waals surface area (Å²) in [6.07, 6.45) is 6.43. The quantitative estimate of drug-likeness (QED) is 0.554. The van der Waals surface area contributed by atoms with Crippen LogP contribution in [0.2, 0.25) is 0 Å². The molecular formula is C23H29N3O2. The summed E-state index contributed by atoms with van der Waals surface area (Å²) in [6, 6.07) is 12.7. The molecule has 0 unspecified atom stereocenters. The predicted octanol–water partition coefficient (Wildman–Crippen LogP) is 4.04. The lowest BCUT2D eigenvalue weighted by Gasteiger charge is -2.16. The number of ether oxygens (including phenoxy) is 2. The van der Waals surface area contributed by atoms with Crippen molar-refractivity contribution in [1.82, 2.24) is 14.5 Å². The summed E-state index contributed by atoms with van der Waals surface area (Å²) in [5.41, 5.74) is 4.67. The number of imidazole rings is 1. The molecule has 1 aromatic heterocycles. The van der Waals surface area contributed by atoms with Gasteiger partial charge in [0.15, 0.2) is 11.5 Å². The first-order valence-corrected chi connectivity index (χ1v) is 10.1. The standard InChI is InChI=1S/C23H29N3O2/c1-25-17-24-20-8-6-18(15-21(20)25)14-19-7-9-22(27-2)23(16-19)28-13-5-12-26-10-3-4-11-26/h6-9,15-17H,3-5,10-14H2,1-2H3. The number of methoxy groups -OCH3 is 1. The van der Waals surface area contributed by atoms with Gasteiger partial charge in [0.25, 0.3) is 0 Å². The average Bonchev–Trinajstić information content (AvgIpc) is 3.36. The van der Waals surface area contributed by atoms with E-state index in [1.54, 1.807) is 7.11 Å². The number of aromatic nitrogens is 2. The van der Waals surface area contributed by atoms with Crippen molar-refractivity contribution in [3.63, 3.8) is 0 Å². The average molecular weight is 380 g/mol. The van der Waals surface area contributed by atoms with Gasteiger partial charge < -0.3 is 18.9 Å². The SMILES string of the molecule is COc1ccc(Cc2ccc3ncn(C)c3c2)cc1OCCCN1CCCC1. The van der Waals surface area contributed by atoms with Crippen LogP contribution < -0.4 is 9.47 Å². The van der Waals surface area contributed by atoms with Crippen LogP contribution in [0.3, 0.4) is 0 Å². The Morgan fingerprint density at radius 3 is 2.61 bits per heavy atom. The van der Waals surface area contributed by atoms with Crippen LogP contribution in [0.4, 0.5) is 0 Å². The Balaban J connectivity index is 1.42. The summed E-state index contributed by atoms with van der Waals surface area (Å²) in [7, 11) is 3.73. The first-order chi connectivity index (χ1) is 13.7. The van der Waals surface area contributed by atoms with Gasteiger partial charge in [-0.15, -0.1) is 0 Å². The van der Waals surface area contributed by atoms with Crippen LogP contribution in [-0.4, -0.2) is 47.8 Å². The smallest absolute Gasteiger partial charge is 0.161 e. The number of rotatable bonds is 8. The van der Waals surface area contributed by atoms with Crippen molar-refractivity contribution < 1.29 is 9.47 Å². The first-order valence-electron chi connectivity index (χ1n) is 10.1. The second-order valence-electron chi connectivity index (χ2n) is 7.59. The number of fused-ring (bicyclic) bond motifs is 1. The monoisotopic (exact) mass is 379 g/mol. The Morgan fingerprint density at radius 2 is 1.79 bits per heavy atom. The Labute approximate surface area is 166 Å². The summed E-state index contributed by atoms with van der Waals surface area (Å²) in [5, 5.41) is 0. The number of hydrogen-bond acceptors (Lipinski definition) is 4. The van der Waals surface area contributed by atoms with Crippen LogP contribution in [-0.2, 0) is 13.5 Å². The van der Waals surface area contributed by atoms with E-state index in [2.05, 4.69) is 44.8 Å². The lowest BCUT2D eigenvalue weighted by molar-refractivity contribution is 0.254. The zero-order valence-corrected chi connectivity index (χ0v) is 16.9. The molecule has 0 spiro atoms. The minimum atomic E-state index is 0.720. The van der Waals surface area contributed by atoms with Crippen LogP contribution in [0.5, 0.6) is 11.5 Å². The molecule has 5 nitrogen and oxygen atoms in total. The molecule has 1 aliphatic rings. The molecule has 1 aliphatic heterocycles. The fraction of sp³-hybridized carbons (Fsp3) is 0.435. The molecule has 4 rings (SSSR count). The fourth-order valence-electron chi connectivity index (χ4n) is 3.94. The van der Waals surface area contributed by atoms with Gasteiger partial charge in [-0.2, -0.15) is 0 Å².